The maximum Gasteiger partial charge on any atom is 0.338 e. The minimum atomic E-state index is -1.24. The van der Waals surface area contributed by atoms with Gasteiger partial charge in [0.05, 0.1) is 29.5 Å². The molecule has 0 radical (unpaired) electrons. The van der Waals surface area contributed by atoms with E-state index in [0.29, 0.717) is 35.6 Å². The number of aliphatic hydroxyl groups excluding tert-OH is 1. The van der Waals surface area contributed by atoms with Gasteiger partial charge in [0.1, 0.15) is 18.0 Å². The topological polar surface area (TPSA) is 198 Å². The summed E-state index contributed by atoms with van der Waals surface area (Å²) in [5.41, 5.74) is 1.65. The number of carbonyl (C=O) groups excluding carboxylic acids is 5. The molecule has 4 amide bonds. The first-order valence-corrected chi connectivity index (χ1v) is 16.0. The van der Waals surface area contributed by atoms with Crippen LogP contribution < -0.4 is 20.9 Å². The molecule has 16 heteroatoms. The minimum Gasteiger partial charge on any atom is -0.456 e. The summed E-state index contributed by atoms with van der Waals surface area (Å²) in [5.74, 6) is -3.56. The maximum absolute atomic E-state index is 13.6. The van der Waals surface area contributed by atoms with Crippen molar-refractivity contribution >= 4 is 58.3 Å². The highest BCUT2D eigenvalue weighted by molar-refractivity contribution is 6.40. The Morgan fingerprint density at radius 3 is 2.36 bits per heavy atom. The van der Waals surface area contributed by atoms with Gasteiger partial charge in [0.25, 0.3) is 0 Å². The highest BCUT2D eigenvalue weighted by atomic mass is 35.5. The molecule has 2 atom stereocenters. The third kappa shape index (κ3) is 9.27. The second kappa shape index (κ2) is 15.3. The Labute approximate surface area is 291 Å². The van der Waals surface area contributed by atoms with Crippen LogP contribution >= 0.6 is 11.6 Å². The van der Waals surface area contributed by atoms with E-state index in [9.17, 15) is 29.1 Å². The van der Waals surface area contributed by atoms with Crippen LogP contribution in [0.3, 0.4) is 0 Å². The van der Waals surface area contributed by atoms with Gasteiger partial charge in [-0.25, -0.2) is 4.79 Å². The minimum absolute atomic E-state index is 0.0270. The summed E-state index contributed by atoms with van der Waals surface area (Å²) in [5, 5.41) is 28.8. The van der Waals surface area contributed by atoms with E-state index in [2.05, 4.69) is 31.5 Å². The number of hydrogen-bond acceptors (Lipinski definition) is 10. The first-order valence-electron chi connectivity index (χ1n) is 15.6. The van der Waals surface area contributed by atoms with Crippen LogP contribution in [0, 0.1) is 0 Å². The molecular formula is C34H35ClN8O7. The van der Waals surface area contributed by atoms with E-state index in [1.54, 1.807) is 62.1 Å². The standard InChI is InChI=1S/C34H35ClN8O7/c1-34(2,3)50-33(49)21-6-9-23(10-7-21)37-30(46)27(16-20-4-11-24(12-5-20)42-15-14-25(44)18-29(42)45)39-32(48)31(47)38-26-17-22(35)8-13-28(26)43-19-36-40-41-43/h4-13,17,19,25,27,44H,14-16,18H2,1-3H3,(H,37,46)(H,38,47)(H,39,48)/t25?,27-/m0/s1. The summed E-state index contributed by atoms with van der Waals surface area (Å²) in [6.07, 6.45) is 1.09. The fraction of sp³-hybridized carbons (Fsp3) is 0.294. The lowest BCUT2D eigenvalue weighted by Gasteiger charge is -2.29. The van der Waals surface area contributed by atoms with Crippen LogP contribution in [0.15, 0.2) is 73.1 Å². The van der Waals surface area contributed by atoms with Crippen molar-refractivity contribution in [2.24, 2.45) is 0 Å². The predicted octanol–water partition coefficient (Wildman–Crippen LogP) is 3.06. The fourth-order valence-corrected chi connectivity index (χ4v) is 5.26. The first-order chi connectivity index (χ1) is 23.8. The molecule has 1 fully saturated rings. The van der Waals surface area contributed by atoms with Gasteiger partial charge in [-0.1, -0.05) is 23.7 Å². The Bertz CT molecular complexity index is 1880. The molecule has 4 aromatic rings. The van der Waals surface area contributed by atoms with Gasteiger partial charge in [0, 0.05) is 29.4 Å². The number of nitrogens with one attached hydrogen (secondary N) is 3. The Balaban J connectivity index is 1.33. The van der Waals surface area contributed by atoms with Crippen LogP contribution in [0.2, 0.25) is 5.02 Å². The zero-order valence-corrected chi connectivity index (χ0v) is 28.2. The van der Waals surface area contributed by atoms with E-state index in [4.69, 9.17) is 16.3 Å². The molecule has 1 aromatic heterocycles. The van der Waals surface area contributed by atoms with Crippen molar-refractivity contribution < 1.29 is 33.8 Å². The number of anilines is 3. The molecule has 0 spiro atoms. The summed E-state index contributed by atoms with van der Waals surface area (Å²) in [7, 11) is 0. The molecule has 2 heterocycles. The molecule has 1 saturated heterocycles. The van der Waals surface area contributed by atoms with Crippen LogP contribution in [0.4, 0.5) is 17.1 Å². The summed E-state index contributed by atoms with van der Waals surface area (Å²) in [6, 6.07) is 16.2. The van der Waals surface area contributed by atoms with Crippen LogP contribution in [0.1, 0.15) is 49.5 Å². The van der Waals surface area contributed by atoms with E-state index in [0.717, 1.165) is 0 Å². The molecule has 1 aliphatic rings. The van der Waals surface area contributed by atoms with Gasteiger partial charge in [0.15, 0.2) is 0 Å². The van der Waals surface area contributed by atoms with Crippen molar-refractivity contribution in [3.8, 4) is 5.69 Å². The van der Waals surface area contributed by atoms with Crippen molar-refractivity contribution in [1.82, 2.24) is 25.5 Å². The third-order valence-corrected chi connectivity index (χ3v) is 7.74. The van der Waals surface area contributed by atoms with Crippen LogP contribution in [0.5, 0.6) is 0 Å². The lowest BCUT2D eigenvalue weighted by molar-refractivity contribution is -0.137. The molecule has 260 valence electrons. The number of carbonyl (C=O) groups is 5. The molecule has 1 aliphatic heterocycles. The van der Waals surface area contributed by atoms with Crippen molar-refractivity contribution in [3.63, 3.8) is 0 Å². The van der Waals surface area contributed by atoms with Crippen molar-refractivity contribution in [2.75, 3.05) is 22.1 Å². The first kappa shape index (κ1) is 35.6. The van der Waals surface area contributed by atoms with Crippen LogP contribution in [-0.2, 0) is 30.3 Å². The Morgan fingerprint density at radius 1 is 1.00 bits per heavy atom. The molecule has 5 rings (SSSR count). The molecule has 4 N–H and O–H groups in total. The zero-order valence-electron chi connectivity index (χ0n) is 27.4. The molecule has 3 aromatic carbocycles. The normalized spacial score (nSPS) is 15.2. The van der Waals surface area contributed by atoms with E-state index in [1.165, 1.54) is 41.3 Å². The Kier molecular flexibility index (Phi) is 10.9. The number of ether oxygens (including phenoxy) is 1. The molecule has 1 unspecified atom stereocenters. The maximum atomic E-state index is 13.6. The summed E-state index contributed by atoms with van der Waals surface area (Å²) in [4.78, 5) is 66.5. The number of tetrazole rings is 1. The fourth-order valence-electron chi connectivity index (χ4n) is 5.09. The van der Waals surface area contributed by atoms with Gasteiger partial charge >= 0.3 is 17.8 Å². The van der Waals surface area contributed by atoms with Crippen molar-refractivity contribution in [1.29, 1.82) is 0 Å². The van der Waals surface area contributed by atoms with Crippen molar-refractivity contribution in [3.05, 3.63) is 89.2 Å². The Hall–Kier alpha value is -5.67. The average molecular weight is 703 g/mol. The number of aliphatic hydroxyl groups is 1. The SMILES string of the molecule is CC(C)(C)OC(=O)c1ccc(NC(=O)[C@H](Cc2ccc(N3CCC(O)CC3=O)cc2)NC(=O)C(=O)Nc2cc(Cl)ccc2-n2cnnn2)cc1. The van der Waals surface area contributed by atoms with E-state index >= 15 is 0 Å². The molecule has 50 heavy (non-hydrogen) atoms. The van der Waals surface area contributed by atoms with Gasteiger partial charge in [-0.05, 0) is 97.8 Å². The van der Waals surface area contributed by atoms with Gasteiger partial charge in [-0.3, -0.25) is 19.2 Å². The molecule has 15 nitrogen and oxygen atoms in total. The van der Waals surface area contributed by atoms with E-state index in [1.807, 2.05) is 0 Å². The quantitative estimate of drug-likeness (QED) is 0.149. The number of esters is 1. The number of halogens is 1. The smallest absolute Gasteiger partial charge is 0.338 e. The third-order valence-electron chi connectivity index (χ3n) is 7.50. The van der Waals surface area contributed by atoms with Gasteiger partial charge in [-0.15, -0.1) is 5.10 Å². The molecule has 0 bridgehead atoms. The zero-order chi connectivity index (χ0) is 36.0. The molecule has 0 saturated carbocycles. The number of amides is 4. The lowest BCUT2D eigenvalue weighted by atomic mass is 10.0. The number of aromatic nitrogens is 4. The molecule has 0 aliphatic carbocycles. The van der Waals surface area contributed by atoms with Crippen molar-refractivity contribution in [2.45, 2.75) is 57.8 Å². The lowest BCUT2D eigenvalue weighted by Crippen LogP contribution is -2.49. The van der Waals surface area contributed by atoms with E-state index in [-0.39, 0.29) is 35.0 Å². The predicted molar refractivity (Wildman–Crippen MR) is 183 cm³/mol. The number of benzene rings is 3. The van der Waals surface area contributed by atoms with Gasteiger partial charge < -0.3 is 30.7 Å². The highest BCUT2D eigenvalue weighted by Crippen LogP contribution is 2.25. The summed E-state index contributed by atoms with van der Waals surface area (Å²) >= 11 is 6.14. The second-order valence-corrected chi connectivity index (χ2v) is 13.0. The highest BCUT2D eigenvalue weighted by Gasteiger charge is 2.28. The number of nitrogens with zero attached hydrogens (tertiary/aromatic N) is 5. The summed E-state index contributed by atoms with van der Waals surface area (Å²) < 4.78 is 6.66. The second-order valence-electron chi connectivity index (χ2n) is 12.5. The van der Waals surface area contributed by atoms with Crippen LogP contribution in [0.25, 0.3) is 5.69 Å². The number of piperidine rings is 1. The largest absolute Gasteiger partial charge is 0.456 e. The number of rotatable bonds is 9. The number of hydrogen-bond donors (Lipinski definition) is 4. The summed E-state index contributed by atoms with van der Waals surface area (Å²) in [6.45, 7) is 5.62. The van der Waals surface area contributed by atoms with E-state index < -0.39 is 41.4 Å². The molecular weight excluding hydrogens is 668 g/mol. The monoisotopic (exact) mass is 702 g/mol. The van der Waals surface area contributed by atoms with Gasteiger partial charge in [-0.2, -0.15) is 4.68 Å². The van der Waals surface area contributed by atoms with Crippen LogP contribution in [-0.4, -0.2) is 79.2 Å². The average Bonchev–Trinajstić information content (AvgIpc) is 3.59. The Morgan fingerprint density at radius 2 is 1.72 bits per heavy atom. The van der Waals surface area contributed by atoms with Gasteiger partial charge in [0.2, 0.25) is 11.8 Å².